The monoisotopic (exact) mass is 215 g/mol. The van der Waals surface area contributed by atoms with Gasteiger partial charge in [-0.3, -0.25) is 0 Å². The molecule has 0 aliphatic carbocycles. The number of nitrogens with zero attached hydrogens (tertiary/aromatic N) is 3. The highest BCUT2D eigenvalue weighted by Gasteiger charge is 2.05. The molecule has 2 aromatic heterocycles. The summed E-state index contributed by atoms with van der Waals surface area (Å²) in [6.07, 6.45) is 1.94. The third-order valence-corrected chi connectivity index (χ3v) is 3.23. The average molecular weight is 215 g/mol. The van der Waals surface area contributed by atoms with Gasteiger partial charge in [0.25, 0.3) is 0 Å². The van der Waals surface area contributed by atoms with Gasteiger partial charge in [0.2, 0.25) is 5.13 Å². The number of aromatic nitrogens is 3. The van der Waals surface area contributed by atoms with Gasteiger partial charge in [0.1, 0.15) is 0 Å². The number of hydrogen-bond acceptors (Lipinski definition) is 3. The minimum Gasteiger partial charge on any atom is -0.218 e. The molecule has 0 spiro atoms. The van der Waals surface area contributed by atoms with Crippen molar-refractivity contribution >= 4 is 21.6 Å². The first-order valence-corrected chi connectivity index (χ1v) is 5.53. The number of para-hydroxylation sites is 1. The van der Waals surface area contributed by atoms with Crippen LogP contribution in [0.1, 0.15) is 5.69 Å². The lowest BCUT2D eigenvalue weighted by Crippen LogP contribution is -1.93. The molecule has 3 nitrogen and oxygen atoms in total. The summed E-state index contributed by atoms with van der Waals surface area (Å²) >= 11 is 1.65. The maximum atomic E-state index is 4.52. The molecule has 3 rings (SSSR count). The van der Waals surface area contributed by atoms with E-state index in [1.165, 1.54) is 4.70 Å². The molecule has 0 saturated heterocycles. The smallest absolute Gasteiger partial charge is 0.211 e. The van der Waals surface area contributed by atoms with E-state index < -0.39 is 0 Å². The van der Waals surface area contributed by atoms with Crippen molar-refractivity contribution in [3.8, 4) is 5.13 Å². The minimum absolute atomic E-state index is 0.921. The summed E-state index contributed by atoms with van der Waals surface area (Å²) in [5, 5.41) is 5.26. The summed E-state index contributed by atoms with van der Waals surface area (Å²) in [6.45, 7) is 1.98. The molecule has 0 unspecified atom stereocenters. The lowest BCUT2D eigenvalue weighted by Gasteiger charge is -1.91. The SMILES string of the molecule is Cc1ccn(-c2nc3ccccc3s2)n1. The van der Waals surface area contributed by atoms with Gasteiger partial charge in [0.05, 0.1) is 15.9 Å². The first-order chi connectivity index (χ1) is 7.33. The van der Waals surface area contributed by atoms with Crippen molar-refractivity contribution in [3.05, 3.63) is 42.2 Å². The Kier molecular flexibility index (Phi) is 1.82. The fourth-order valence-electron chi connectivity index (χ4n) is 1.48. The fourth-order valence-corrected chi connectivity index (χ4v) is 2.38. The van der Waals surface area contributed by atoms with E-state index >= 15 is 0 Å². The van der Waals surface area contributed by atoms with E-state index in [1.54, 1.807) is 11.3 Å². The summed E-state index contributed by atoms with van der Waals surface area (Å²) in [6, 6.07) is 10.1. The Balaban J connectivity index is 2.19. The molecule has 15 heavy (non-hydrogen) atoms. The number of aryl methyl sites for hydroxylation is 1. The Morgan fingerprint density at radius 1 is 1.20 bits per heavy atom. The summed E-state index contributed by atoms with van der Waals surface area (Å²) in [5.41, 5.74) is 2.04. The Labute approximate surface area is 91.0 Å². The molecule has 0 fully saturated rings. The lowest BCUT2D eigenvalue weighted by molar-refractivity contribution is 0.856. The zero-order valence-electron chi connectivity index (χ0n) is 8.21. The maximum absolute atomic E-state index is 4.52. The Hall–Kier alpha value is -1.68. The predicted molar refractivity (Wildman–Crippen MR) is 61.5 cm³/mol. The molecule has 3 aromatic rings. The quantitative estimate of drug-likeness (QED) is 0.625. The molecule has 0 aliphatic rings. The molecule has 74 valence electrons. The van der Waals surface area contributed by atoms with Crippen LogP contribution in [0.4, 0.5) is 0 Å². The van der Waals surface area contributed by atoms with Crippen LogP contribution in [0.15, 0.2) is 36.5 Å². The number of rotatable bonds is 1. The van der Waals surface area contributed by atoms with Crippen molar-refractivity contribution in [2.75, 3.05) is 0 Å². The molecule has 0 atom stereocenters. The van der Waals surface area contributed by atoms with Gasteiger partial charge >= 0.3 is 0 Å². The molecule has 0 amide bonds. The highest BCUT2D eigenvalue weighted by atomic mass is 32.1. The number of fused-ring (bicyclic) bond motifs is 1. The molecule has 1 aromatic carbocycles. The van der Waals surface area contributed by atoms with E-state index in [2.05, 4.69) is 16.1 Å². The lowest BCUT2D eigenvalue weighted by atomic mass is 10.3. The molecule has 0 bridgehead atoms. The molecular formula is C11H9N3S. The Morgan fingerprint density at radius 3 is 2.80 bits per heavy atom. The molecule has 0 aliphatic heterocycles. The standard InChI is InChI=1S/C11H9N3S/c1-8-6-7-14(13-8)11-12-9-4-2-3-5-10(9)15-11/h2-7H,1H3. The zero-order valence-corrected chi connectivity index (χ0v) is 9.03. The van der Waals surface area contributed by atoms with Crippen LogP contribution < -0.4 is 0 Å². The molecule has 4 heteroatoms. The zero-order chi connectivity index (χ0) is 10.3. The molecule has 0 saturated carbocycles. The van der Waals surface area contributed by atoms with Crippen LogP contribution >= 0.6 is 11.3 Å². The summed E-state index contributed by atoms with van der Waals surface area (Å²) in [4.78, 5) is 4.52. The minimum atomic E-state index is 0.921. The van der Waals surface area contributed by atoms with Gasteiger partial charge in [-0.25, -0.2) is 9.67 Å². The normalized spacial score (nSPS) is 11.0. The summed E-state index contributed by atoms with van der Waals surface area (Å²) < 4.78 is 3.01. The first-order valence-electron chi connectivity index (χ1n) is 4.71. The van der Waals surface area contributed by atoms with Crippen molar-refractivity contribution in [3.63, 3.8) is 0 Å². The van der Waals surface area contributed by atoms with Crippen molar-refractivity contribution in [2.45, 2.75) is 6.92 Å². The van der Waals surface area contributed by atoms with Crippen LogP contribution in [0.2, 0.25) is 0 Å². The number of benzene rings is 1. The number of thiazole rings is 1. The van der Waals surface area contributed by atoms with Crippen molar-refractivity contribution in [1.82, 2.24) is 14.8 Å². The second-order valence-electron chi connectivity index (χ2n) is 3.37. The summed E-state index contributed by atoms with van der Waals surface area (Å²) in [5.74, 6) is 0. The van der Waals surface area contributed by atoms with E-state index in [4.69, 9.17) is 0 Å². The third kappa shape index (κ3) is 1.43. The van der Waals surface area contributed by atoms with Crippen LogP contribution in [0.3, 0.4) is 0 Å². The molecule has 0 radical (unpaired) electrons. The van der Waals surface area contributed by atoms with Crippen molar-refractivity contribution in [2.24, 2.45) is 0 Å². The van der Waals surface area contributed by atoms with Gasteiger partial charge in [-0.15, -0.1) is 0 Å². The molecule has 0 N–H and O–H groups in total. The van der Waals surface area contributed by atoms with Crippen molar-refractivity contribution in [1.29, 1.82) is 0 Å². The highest BCUT2D eigenvalue weighted by Crippen LogP contribution is 2.23. The van der Waals surface area contributed by atoms with Gasteiger partial charge in [-0.2, -0.15) is 5.10 Å². The topological polar surface area (TPSA) is 30.7 Å². The second kappa shape index (κ2) is 3.17. The van der Waals surface area contributed by atoms with Gasteiger partial charge < -0.3 is 0 Å². The van der Waals surface area contributed by atoms with Gasteiger partial charge in [0, 0.05) is 6.20 Å². The van der Waals surface area contributed by atoms with E-state index in [-0.39, 0.29) is 0 Å². The Morgan fingerprint density at radius 2 is 2.07 bits per heavy atom. The predicted octanol–water partition coefficient (Wildman–Crippen LogP) is 2.79. The first kappa shape index (κ1) is 8.61. The largest absolute Gasteiger partial charge is 0.218 e. The van der Waals surface area contributed by atoms with E-state index in [9.17, 15) is 0 Å². The van der Waals surface area contributed by atoms with Gasteiger partial charge in [-0.1, -0.05) is 23.5 Å². The summed E-state index contributed by atoms with van der Waals surface area (Å²) in [7, 11) is 0. The third-order valence-electron chi connectivity index (χ3n) is 2.20. The van der Waals surface area contributed by atoms with Crippen LogP contribution in [-0.2, 0) is 0 Å². The van der Waals surface area contributed by atoms with Crippen LogP contribution in [-0.4, -0.2) is 14.8 Å². The van der Waals surface area contributed by atoms with Gasteiger partial charge in [0.15, 0.2) is 0 Å². The fraction of sp³-hybridized carbons (Fsp3) is 0.0909. The van der Waals surface area contributed by atoms with Gasteiger partial charge in [-0.05, 0) is 25.1 Å². The highest BCUT2D eigenvalue weighted by molar-refractivity contribution is 7.20. The van der Waals surface area contributed by atoms with E-state index in [0.717, 1.165) is 16.3 Å². The second-order valence-corrected chi connectivity index (χ2v) is 4.37. The maximum Gasteiger partial charge on any atom is 0.211 e. The van der Waals surface area contributed by atoms with Crippen molar-refractivity contribution < 1.29 is 0 Å². The van der Waals surface area contributed by atoms with E-state index in [1.807, 2.05) is 42.1 Å². The molecule has 2 heterocycles. The van der Waals surface area contributed by atoms with Crippen LogP contribution in [0.25, 0.3) is 15.3 Å². The van der Waals surface area contributed by atoms with Crippen LogP contribution in [0.5, 0.6) is 0 Å². The Bertz CT molecular complexity index is 576. The van der Waals surface area contributed by atoms with Crippen LogP contribution in [0, 0.1) is 6.92 Å². The average Bonchev–Trinajstić information content (AvgIpc) is 2.82. The number of hydrogen-bond donors (Lipinski definition) is 0. The van der Waals surface area contributed by atoms with E-state index in [0.29, 0.717) is 0 Å². The molecular weight excluding hydrogens is 206 g/mol.